The molecule has 4 aromatic carbocycles. The van der Waals surface area contributed by atoms with Gasteiger partial charge in [-0.15, -0.1) is 0 Å². The molecule has 36 heteroatoms. The second-order valence-corrected chi connectivity index (χ2v) is 33.4. The standard InChI is InChI=1S/C32H37Cl2N7O3.C31H36Cl2N8O3.C27H22Cl2N6O3/c1-4-27(42)40-12-10-39(11-13-40)9-5-6-21-18-41-23-15-26(37-19-32(35)7-8-32)36-17-20(23)14-22(31(41)38-21)28-29(33)24(43-2)16-25(44-3)30(28)34;1-4-24(42)40-12-10-39(11-13-40)9-5-6-20-17-41-28-19(16-35-30(38-28)36-18-31(34)7-8-31)14-21(29(41)37-20)25-26(32)22(43-2)15-23(44-3)27(25)33;1-5-21(36)32-16-8-6-14(7-9-16)18-13-35-25-15(12-31-27(30-2)34-25)10-17(26(35)33-18)22-23(28)19(37-3)11-20(38-4)24(22)29/h4,14-18H,1,5-13,19,35H2,2-3H3,(H,36,37);4,14-17H,1,5-13,18,34H2,2-3H3,(H,35,36,38);5-13H,1H2,2-4H3,(H,32,36)(H,30,31,34). The minimum absolute atomic E-state index is 0.00475. The number of aryl methyl sites for hydroxylation is 2. The molecule has 4 aliphatic rings. The third kappa shape index (κ3) is 19.0. The van der Waals surface area contributed by atoms with Crippen LogP contribution in [0, 0.1) is 0 Å². The van der Waals surface area contributed by atoms with E-state index in [1.807, 2.05) is 73.6 Å². The number of ether oxygens (including phenoxy) is 6. The molecular formula is C90H95Cl6N21O9. The summed E-state index contributed by atoms with van der Waals surface area (Å²) < 4.78 is 39.1. The van der Waals surface area contributed by atoms with Gasteiger partial charge in [-0.2, -0.15) is 9.97 Å². The van der Waals surface area contributed by atoms with Gasteiger partial charge in [-0.05, 0) is 113 Å². The molecule has 0 unspecified atom stereocenters. The number of halogens is 6. The highest BCUT2D eigenvalue weighted by Gasteiger charge is 2.39. The highest BCUT2D eigenvalue weighted by atomic mass is 35.5. The Morgan fingerprint density at radius 3 is 1.29 bits per heavy atom. The number of benzene rings is 4. The van der Waals surface area contributed by atoms with E-state index in [1.54, 1.807) is 78.2 Å². The summed E-state index contributed by atoms with van der Waals surface area (Å²) in [6.45, 7) is 20.0. The van der Waals surface area contributed by atoms with E-state index in [9.17, 15) is 14.4 Å². The van der Waals surface area contributed by atoms with Crippen molar-refractivity contribution in [3.63, 3.8) is 0 Å². The van der Waals surface area contributed by atoms with Crippen LogP contribution in [-0.4, -0.2) is 230 Å². The summed E-state index contributed by atoms with van der Waals surface area (Å²) in [5.74, 6) is 4.03. The summed E-state index contributed by atoms with van der Waals surface area (Å²) in [4.78, 5) is 82.2. The third-order valence-corrected chi connectivity index (χ3v) is 25.2. The van der Waals surface area contributed by atoms with E-state index in [2.05, 4.69) is 81.3 Å². The van der Waals surface area contributed by atoms with Gasteiger partial charge in [0.25, 0.3) is 0 Å². The lowest BCUT2D eigenvalue weighted by molar-refractivity contribution is -0.128. The second kappa shape index (κ2) is 38.3. The Bertz CT molecular complexity index is 6040. The van der Waals surface area contributed by atoms with Gasteiger partial charge in [0.05, 0.1) is 95.4 Å². The van der Waals surface area contributed by atoms with Crippen LogP contribution in [0.3, 0.4) is 0 Å². The van der Waals surface area contributed by atoms with E-state index in [0.29, 0.717) is 164 Å². The fraction of sp³-hybridized carbons (Fsp3) is 0.322. The van der Waals surface area contributed by atoms with Crippen LogP contribution >= 0.6 is 69.6 Å². The van der Waals surface area contributed by atoms with Gasteiger partial charge in [0, 0.05) is 206 Å². The highest BCUT2D eigenvalue weighted by molar-refractivity contribution is 6.43. The first-order valence-corrected chi connectivity index (χ1v) is 43.1. The number of nitrogens with one attached hydrogen (secondary N) is 4. The fourth-order valence-corrected chi connectivity index (χ4v) is 17.5. The van der Waals surface area contributed by atoms with E-state index >= 15 is 0 Å². The van der Waals surface area contributed by atoms with Crippen molar-refractivity contribution in [1.82, 2.24) is 72.7 Å². The van der Waals surface area contributed by atoms with Crippen molar-refractivity contribution in [2.45, 2.75) is 62.4 Å². The lowest BCUT2D eigenvalue weighted by Crippen LogP contribution is -2.48. The molecule has 9 aromatic heterocycles. The number of anilines is 4. The normalized spacial score (nSPS) is 14.7. The average molecular weight is 1830 g/mol. The Labute approximate surface area is 757 Å². The number of fused-ring (bicyclic) bond motifs is 9. The second-order valence-electron chi connectivity index (χ2n) is 31.2. The number of carbonyl (C=O) groups is 3. The maximum Gasteiger partial charge on any atom is 0.247 e. The smallest absolute Gasteiger partial charge is 0.247 e. The molecule has 30 nitrogen and oxygen atoms in total. The maximum absolute atomic E-state index is 11.9. The Morgan fingerprint density at radius 1 is 0.460 bits per heavy atom. The van der Waals surface area contributed by atoms with Gasteiger partial charge in [-0.25, -0.2) is 29.9 Å². The van der Waals surface area contributed by atoms with Crippen molar-refractivity contribution < 1.29 is 42.8 Å². The predicted molar refractivity (Wildman–Crippen MR) is 499 cm³/mol. The highest BCUT2D eigenvalue weighted by Crippen LogP contribution is 2.52. The van der Waals surface area contributed by atoms with Crippen LogP contribution in [0.25, 0.3) is 94.5 Å². The number of methoxy groups -OCH3 is 6. The first-order chi connectivity index (χ1) is 60.8. The van der Waals surface area contributed by atoms with Crippen molar-refractivity contribution in [3.8, 4) is 79.1 Å². The molecule has 2 saturated heterocycles. The number of hydrogen-bond acceptors (Lipinski definition) is 24. The van der Waals surface area contributed by atoms with Crippen LogP contribution in [-0.2, 0) is 27.2 Å². The largest absolute Gasteiger partial charge is 0.495 e. The van der Waals surface area contributed by atoms with Crippen LogP contribution in [0.5, 0.6) is 34.5 Å². The molecule has 0 radical (unpaired) electrons. The van der Waals surface area contributed by atoms with Crippen LogP contribution in [0.1, 0.15) is 49.9 Å². The zero-order valence-corrected chi connectivity index (χ0v) is 75.2. The molecule has 4 fully saturated rings. The zero-order chi connectivity index (χ0) is 89.0. The summed E-state index contributed by atoms with van der Waals surface area (Å²) in [5, 5.41) is 17.0. The van der Waals surface area contributed by atoms with Gasteiger partial charge >= 0.3 is 0 Å². The van der Waals surface area contributed by atoms with Crippen molar-refractivity contribution in [1.29, 1.82) is 0 Å². The fourth-order valence-electron chi connectivity index (χ4n) is 15.4. The minimum Gasteiger partial charge on any atom is -0.495 e. The molecule has 656 valence electrons. The Hall–Kier alpha value is -11.6. The monoisotopic (exact) mass is 1820 g/mol. The van der Waals surface area contributed by atoms with Gasteiger partial charge in [0.1, 0.15) is 57.3 Å². The number of aromatic nitrogens is 11. The lowest BCUT2D eigenvalue weighted by atomic mass is 10.0. The van der Waals surface area contributed by atoms with Crippen molar-refractivity contribution in [2.75, 3.05) is 150 Å². The van der Waals surface area contributed by atoms with E-state index in [-0.39, 0.29) is 28.8 Å². The first-order valence-electron chi connectivity index (χ1n) is 40.9. The van der Waals surface area contributed by atoms with Gasteiger partial charge < -0.3 is 71.0 Å². The van der Waals surface area contributed by atoms with Crippen LogP contribution < -0.4 is 61.2 Å². The molecule has 17 rings (SSSR count). The van der Waals surface area contributed by atoms with Gasteiger partial charge in [-0.3, -0.25) is 37.4 Å². The molecular weight excluding hydrogens is 1730 g/mol. The summed E-state index contributed by atoms with van der Waals surface area (Å²) >= 11 is 41.1. The number of nitrogens with zero attached hydrogens (tertiary/aromatic N) is 15. The molecule has 0 spiro atoms. The molecule has 13 aromatic rings. The van der Waals surface area contributed by atoms with E-state index in [1.165, 1.54) is 32.4 Å². The Kier molecular flexibility index (Phi) is 27.2. The van der Waals surface area contributed by atoms with Crippen molar-refractivity contribution in [2.24, 2.45) is 11.5 Å². The van der Waals surface area contributed by atoms with E-state index in [4.69, 9.17) is 129 Å². The quantitative estimate of drug-likeness (QED) is 0.0237. The number of carbonyl (C=O) groups excluding carboxylic acids is 3. The Morgan fingerprint density at radius 2 is 0.857 bits per heavy atom. The molecule has 0 atom stereocenters. The van der Waals surface area contributed by atoms with E-state index in [0.717, 1.165) is 159 Å². The molecule has 126 heavy (non-hydrogen) atoms. The molecule has 3 amide bonds. The number of pyridine rings is 4. The van der Waals surface area contributed by atoms with Crippen molar-refractivity contribution >= 4 is 161 Å². The van der Waals surface area contributed by atoms with Gasteiger partial charge in [-0.1, -0.05) is 101 Å². The SMILES string of the molecule is C=CC(=O)N1CCN(CCCc2cn3c(n2)c(-c2c(Cl)c(OC)cc(OC)c2Cl)cc2cnc(NCC4(N)CC4)cc23)CC1.C=CC(=O)N1CCN(CCCc2cn3c(n2)c(-c2c(Cl)c(OC)cc(OC)c2Cl)cc2cnc(NCC4(N)CC4)nc23)CC1.C=CC(=O)Nc1ccc(-c2cn3c(n2)c(-c2c(Cl)c(OC)cc(OC)c2Cl)cc2cnc(NC)nc23)cc1. The maximum atomic E-state index is 11.9. The summed E-state index contributed by atoms with van der Waals surface area (Å²) in [7, 11) is 11.0. The Balaban J connectivity index is 0.000000146. The molecule has 2 saturated carbocycles. The van der Waals surface area contributed by atoms with Crippen LogP contribution in [0.4, 0.5) is 23.4 Å². The molecule has 8 N–H and O–H groups in total. The predicted octanol–water partition coefficient (Wildman–Crippen LogP) is 15.6. The number of piperazine rings is 2. The topological polar surface area (TPSA) is 336 Å². The average Bonchev–Trinajstić information content (AvgIpc) is 1.52. The van der Waals surface area contributed by atoms with Crippen LogP contribution in [0.2, 0.25) is 30.1 Å². The number of nitrogens with two attached hydrogens (primary N) is 2. The van der Waals surface area contributed by atoms with Gasteiger partial charge in [0.2, 0.25) is 29.6 Å². The summed E-state index contributed by atoms with van der Waals surface area (Å²) in [5.41, 5.74) is 24.3. The first kappa shape index (κ1) is 89.3. The summed E-state index contributed by atoms with van der Waals surface area (Å²) in [6, 6.07) is 20.2. The molecule has 2 aliphatic heterocycles. The number of hydrogen-bond donors (Lipinski definition) is 6. The molecule has 11 heterocycles. The number of imidazole rings is 3. The van der Waals surface area contributed by atoms with Crippen LogP contribution in [0.15, 0.2) is 142 Å². The van der Waals surface area contributed by atoms with E-state index < -0.39 is 0 Å². The molecule has 2 aliphatic carbocycles. The lowest BCUT2D eigenvalue weighted by Gasteiger charge is -2.34. The number of amides is 3. The molecule has 0 bridgehead atoms. The third-order valence-electron chi connectivity index (χ3n) is 23.0. The van der Waals surface area contributed by atoms with Gasteiger partial charge in [0.15, 0.2) is 11.3 Å². The summed E-state index contributed by atoms with van der Waals surface area (Å²) in [6.07, 6.45) is 22.7. The minimum atomic E-state index is -0.288. The number of rotatable bonds is 29. The zero-order valence-electron chi connectivity index (χ0n) is 70.6. The van der Waals surface area contributed by atoms with Crippen molar-refractivity contribution in [3.05, 3.63) is 183 Å².